The summed E-state index contributed by atoms with van der Waals surface area (Å²) in [6, 6.07) is 12.2. The molecule has 0 bridgehead atoms. The molecule has 0 spiro atoms. The molecule has 1 saturated heterocycles. The van der Waals surface area contributed by atoms with Gasteiger partial charge in [-0.25, -0.2) is 0 Å². The molecule has 1 aliphatic heterocycles. The third kappa shape index (κ3) is 7.30. The predicted molar refractivity (Wildman–Crippen MR) is 143 cm³/mol. The zero-order valence-corrected chi connectivity index (χ0v) is 21.9. The van der Waals surface area contributed by atoms with Gasteiger partial charge in [-0.05, 0) is 68.9 Å². The van der Waals surface area contributed by atoms with Crippen molar-refractivity contribution in [1.82, 2.24) is 9.55 Å². The number of carbonyl (C=O) groups is 1. The Labute approximate surface area is 225 Å². The molecule has 39 heavy (non-hydrogen) atoms. The van der Waals surface area contributed by atoms with E-state index in [1.54, 1.807) is 56.4 Å². The summed E-state index contributed by atoms with van der Waals surface area (Å²) in [5.41, 5.74) is 1.58. The van der Waals surface area contributed by atoms with Crippen molar-refractivity contribution in [2.75, 3.05) is 30.4 Å². The molecule has 3 aromatic rings. The molecule has 7 nitrogen and oxygen atoms in total. The molecular weight excluding hydrogens is 507 g/mol. The molecule has 2 aromatic heterocycles. The highest BCUT2D eigenvalue weighted by atomic mass is 19.4. The summed E-state index contributed by atoms with van der Waals surface area (Å²) in [5.74, 6) is 5.78. The van der Waals surface area contributed by atoms with Crippen LogP contribution in [0, 0.1) is 29.1 Å². The quantitative estimate of drug-likeness (QED) is 0.382. The first-order valence-corrected chi connectivity index (χ1v) is 12.7. The summed E-state index contributed by atoms with van der Waals surface area (Å²) in [5, 5.41) is 15.7. The number of rotatable bonds is 7. The number of benzene rings is 1. The highest BCUT2D eigenvalue weighted by Crippen LogP contribution is 2.31. The summed E-state index contributed by atoms with van der Waals surface area (Å²) < 4.78 is 46.8. The van der Waals surface area contributed by atoms with Crippen LogP contribution in [0.3, 0.4) is 0 Å². The van der Waals surface area contributed by atoms with Crippen LogP contribution < -0.4 is 10.6 Å². The van der Waals surface area contributed by atoms with Gasteiger partial charge in [-0.3, -0.25) is 9.78 Å². The Kier molecular flexibility index (Phi) is 8.47. The largest absolute Gasteiger partial charge is 0.406 e. The number of fused-ring (bicyclic) bond motifs is 1. The van der Waals surface area contributed by atoms with Crippen molar-refractivity contribution in [2.24, 2.45) is 5.92 Å². The fourth-order valence-electron chi connectivity index (χ4n) is 4.47. The Hall–Kier alpha value is -4.02. The van der Waals surface area contributed by atoms with E-state index >= 15 is 0 Å². The summed E-state index contributed by atoms with van der Waals surface area (Å²) >= 11 is 0. The first kappa shape index (κ1) is 28.0. The smallest absolute Gasteiger partial charge is 0.381 e. The number of nitriles is 1. The molecule has 0 saturated carbocycles. The van der Waals surface area contributed by atoms with E-state index in [9.17, 15) is 23.2 Å². The van der Waals surface area contributed by atoms with E-state index < -0.39 is 18.1 Å². The summed E-state index contributed by atoms with van der Waals surface area (Å²) in [4.78, 5) is 17.0. The van der Waals surface area contributed by atoms with Crippen LogP contribution in [-0.4, -0.2) is 41.4 Å². The fraction of sp³-hybridized carbons (Fsp3) is 0.414. The Balaban J connectivity index is 1.52. The summed E-state index contributed by atoms with van der Waals surface area (Å²) in [6.45, 7) is 3.78. The second kappa shape index (κ2) is 11.8. The number of aromatic nitrogens is 2. The van der Waals surface area contributed by atoms with Crippen LogP contribution in [-0.2, 0) is 21.5 Å². The van der Waals surface area contributed by atoms with Gasteiger partial charge in [-0.15, -0.1) is 0 Å². The van der Waals surface area contributed by atoms with E-state index in [0.717, 1.165) is 17.4 Å². The minimum Gasteiger partial charge on any atom is -0.381 e. The van der Waals surface area contributed by atoms with Gasteiger partial charge < -0.3 is 19.9 Å². The lowest BCUT2D eigenvalue weighted by Crippen LogP contribution is -2.22. The van der Waals surface area contributed by atoms with E-state index in [4.69, 9.17) is 4.74 Å². The Morgan fingerprint density at radius 1 is 1.21 bits per heavy atom. The molecule has 2 N–H and O–H groups in total. The number of anilines is 2. The van der Waals surface area contributed by atoms with Gasteiger partial charge >= 0.3 is 6.18 Å². The minimum absolute atomic E-state index is 0.172. The van der Waals surface area contributed by atoms with Gasteiger partial charge in [-0.1, -0.05) is 12.0 Å². The van der Waals surface area contributed by atoms with Crippen molar-refractivity contribution in [3.63, 3.8) is 0 Å². The first-order valence-electron chi connectivity index (χ1n) is 12.7. The molecule has 1 aromatic carbocycles. The number of hydrogen-bond acceptors (Lipinski definition) is 5. The van der Waals surface area contributed by atoms with Gasteiger partial charge in [0.25, 0.3) is 0 Å². The molecule has 10 heteroatoms. The Morgan fingerprint density at radius 3 is 2.64 bits per heavy atom. The second-order valence-electron chi connectivity index (χ2n) is 10.1. The highest BCUT2D eigenvalue weighted by Gasteiger charge is 2.30. The van der Waals surface area contributed by atoms with Crippen molar-refractivity contribution < 1.29 is 22.7 Å². The average molecular weight is 538 g/mol. The topological polar surface area (TPSA) is 92.0 Å². The van der Waals surface area contributed by atoms with E-state index in [-0.39, 0.29) is 24.1 Å². The normalized spacial score (nSPS) is 14.4. The van der Waals surface area contributed by atoms with E-state index in [0.29, 0.717) is 47.6 Å². The Morgan fingerprint density at radius 2 is 1.97 bits per heavy atom. The number of amides is 1. The van der Waals surface area contributed by atoms with E-state index in [1.807, 2.05) is 0 Å². The lowest BCUT2D eigenvalue weighted by Gasteiger charge is -2.21. The van der Waals surface area contributed by atoms with Crippen molar-refractivity contribution in [3.8, 4) is 17.9 Å². The maximum atomic E-state index is 13.5. The van der Waals surface area contributed by atoms with Crippen LogP contribution in [0.2, 0.25) is 0 Å². The van der Waals surface area contributed by atoms with Crippen LogP contribution in [0.15, 0.2) is 42.6 Å². The van der Waals surface area contributed by atoms with Crippen LogP contribution in [0.5, 0.6) is 0 Å². The maximum Gasteiger partial charge on any atom is 0.406 e. The zero-order chi connectivity index (χ0) is 28.0. The molecule has 4 rings (SSSR count). The van der Waals surface area contributed by atoms with Crippen molar-refractivity contribution >= 4 is 28.2 Å². The number of ether oxygens (including phenoxy) is 1. The highest BCUT2D eigenvalue weighted by molar-refractivity contribution is 6.02. The van der Waals surface area contributed by atoms with Crippen molar-refractivity contribution in [3.05, 3.63) is 54.0 Å². The molecule has 0 unspecified atom stereocenters. The van der Waals surface area contributed by atoms with Gasteiger partial charge in [0.05, 0.1) is 52.5 Å². The van der Waals surface area contributed by atoms with Gasteiger partial charge in [0, 0.05) is 25.0 Å². The van der Waals surface area contributed by atoms with Gasteiger partial charge in [-0.2, -0.15) is 18.4 Å². The van der Waals surface area contributed by atoms with Crippen LogP contribution in [0.1, 0.15) is 44.5 Å². The third-order valence-electron chi connectivity index (χ3n) is 6.65. The molecular formula is C29H30F3N5O2. The number of carbonyl (C=O) groups excluding carboxylic acids is 1. The molecule has 1 amide bonds. The molecule has 1 fully saturated rings. The van der Waals surface area contributed by atoms with E-state index in [1.165, 1.54) is 0 Å². The number of alkyl halides is 3. The summed E-state index contributed by atoms with van der Waals surface area (Å²) in [6.07, 6.45) is -0.901. The van der Waals surface area contributed by atoms with E-state index in [2.05, 4.69) is 33.5 Å². The monoisotopic (exact) mass is 537 g/mol. The first-order chi connectivity index (χ1) is 18.6. The maximum absolute atomic E-state index is 13.5. The minimum atomic E-state index is -4.45. The lowest BCUT2D eigenvalue weighted by molar-refractivity contribution is -0.140. The number of halogens is 3. The molecule has 0 radical (unpaired) electrons. The SMILES string of the molecule is CC(C)(C#N)c1ccc(NCC#Cc2cc3c(NC(=O)CC4CCOCC4)cccc3n2CC(F)(F)F)cn1. The lowest BCUT2D eigenvalue weighted by atomic mass is 9.91. The Bertz CT molecular complexity index is 1420. The van der Waals surface area contributed by atoms with Crippen LogP contribution in [0.25, 0.3) is 10.9 Å². The van der Waals surface area contributed by atoms with Crippen LogP contribution >= 0.6 is 0 Å². The van der Waals surface area contributed by atoms with Crippen molar-refractivity contribution in [1.29, 1.82) is 5.26 Å². The van der Waals surface area contributed by atoms with Gasteiger partial charge in [0.2, 0.25) is 5.91 Å². The molecule has 204 valence electrons. The van der Waals surface area contributed by atoms with Crippen molar-refractivity contribution in [2.45, 2.75) is 51.2 Å². The molecule has 1 aliphatic rings. The average Bonchev–Trinajstić information content (AvgIpc) is 3.24. The molecule has 0 atom stereocenters. The van der Waals surface area contributed by atoms with Gasteiger partial charge in [0.15, 0.2) is 0 Å². The zero-order valence-electron chi connectivity index (χ0n) is 21.9. The number of hydrogen-bond donors (Lipinski definition) is 2. The molecule has 3 heterocycles. The predicted octanol–water partition coefficient (Wildman–Crippen LogP) is 5.62. The van der Waals surface area contributed by atoms with Gasteiger partial charge in [0.1, 0.15) is 6.54 Å². The second-order valence-corrected chi connectivity index (χ2v) is 10.1. The summed E-state index contributed by atoms with van der Waals surface area (Å²) in [7, 11) is 0. The third-order valence-corrected chi connectivity index (χ3v) is 6.65. The molecule has 0 aliphatic carbocycles. The standard InChI is InChI=1S/C29H30F3N5O2/c1-28(2,18-33)26-9-8-21(17-35-26)34-12-4-5-22-16-23-24(36-27(38)15-20-10-13-39-14-11-20)6-3-7-25(23)37(22)19-29(30,31)32/h3,6-9,16-17,20,34H,10-15,19H2,1-2H3,(H,36,38). The number of nitrogens with zero attached hydrogens (tertiary/aromatic N) is 3. The fourth-order valence-corrected chi connectivity index (χ4v) is 4.47. The number of pyridine rings is 1. The van der Waals surface area contributed by atoms with Crippen LogP contribution in [0.4, 0.5) is 24.5 Å². The number of nitrogens with one attached hydrogen (secondary N) is 2.